The number of halogens is 2. The van der Waals surface area contributed by atoms with Gasteiger partial charge in [0.05, 0.1) is 11.7 Å². The zero-order valence-corrected chi connectivity index (χ0v) is 10.2. The quantitative estimate of drug-likeness (QED) is 0.860. The van der Waals surface area contributed by atoms with Crippen molar-refractivity contribution in [2.75, 3.05) is 18.5 Å². The van der Waals surface area contributed by atoms with Gasteiger partial charge in [0.15, 0.2) is 6.61 Å². The van der Waals surface area contributed by atoms with Crippen molar-refractivity contribution in [1.82, 2.24) is 5.32 Å². The van der Waals surface area contributed by atoms with Gasteiger partial charge < -0.3 is 15.4 Å². The number of ether oxygens (including phenoxy) is 1. The first-order valence-electron chi connectivity index (χ1n) is 6.26. The van der Waals surface area contributed by atoms with E-state index in [1.54, 1.807) is 0 Å². The summed E-state index contributed by atoms with van der Waals surface area (Å²) < 4.78 is 33.8. The molecule has 2 aliphatic heterocycles. The summed E-state index contributed by atoms with van der Waals surface area (Å²) in [5.74, 6) is -2.85. The second kappa shape index (κ2) is 4.45. The van der Waals surface area contributed by atoms with E-state index >= 15 is 0 Å². The van der Waals surface area contributed by atoms with Gasteiger partial charge in [-0.3, -0.25) is 4.79 Å². The summed E-state index contributed by atoms with van der Waals surface area (Å²) in [6.45, 7) is 0.540. The van der Waals surface area contributed by atoms with Gasteiger partial charge in [-0.2, -0.15) is 8.78 Å². The van der Waals surface area contributed by atoms with Crippen molar-refractivity contribution < 1.29 is 18.3 Å². The lowest BCUT2D eigenvalue weighted by molar-refractivity contribution is -0.118. The Morgan fingerprint density at radius 2 is 2.21 bits per heavy atom. The molecule has 1 fully saturated rings. The Balaban J connectivity index is 1.92. The molecule has 19 heavy (non-hydrogen) atoms. The molecular weight excluding hydrogens is 254 g/mol. The summed E-state index contributed by atoms with van der Waals surface area (Å²) in [7, 11) is 0. The van der Waals surface area contributed by atoms with Crippen molar-refractivity contribution in [1.29, 1.82) is 0 Å². The second-order valence-corrected chi connectivity index (χ2v) is 4.82. The van der Waals surface area contributed by atoms with E-state index in [0.29, 0.717) is 24.4 Å². The van der Waals surface area contributed by atoms with Crippen LogP contribution in [0.2, 0.25) is 0 Å². The molecule has 2 N–H and O–H groups in total. The predicted octanol–water partition coefficient (Wildman–Crippen LogP) is 1.86. The largest absolute Gasteiger partial charge is 0.482 e. The molecule has 2 aliphatic rings. The normalized spacial score (nSPS) is 22.6. The van der Waals surface area contributed by atoms with E-state index in [1.165, 1.54) is 18.2 Å². The van der Waals surface area contributed by atoms with Gasteiger partial charge in [-0.1, -0.05) is 0 Å². The first-order chi connectivity index (χ1) is 9.07. The minimum Gasteiger partial charge on any atom is -0.482 e. The monoisotopic (exact) mass is 268 g/mol. The molecule has 6 heteroatoms. The van der Waals surface area contributed by atoms with Gasteiger partial charge in [0.2, 0.25) is 0 Å². The van der Waals surface area contributed by atoms with Crippen molar-refractivity contribution in [3.05, 3.63) is 23.8 Å². The molecule has 1 amide bonds. The van der Waals surface area contributed by atoms with E-state index in [0.717, 1.165) is 6.42 Å². The van der Waals surface area contributed by atoms with Gasteiger partial charge in [-0.25, -0.2) is 0 Å². The zero-order chi connectivity index (χ0) is 13.5. The molecule has 0 aromatic heterocycles. The van der Waals surface area contributed by atoms with Crippen LogP contribution in [0.4, 0.5) is 14.5 Å². The van der Waals surface area contributed by atoms with Gasteiger partial charge in [0, 0.05) is 5.56 Å². The van der Waals surface area contributed by atoms with Gasteiger partial charge in [-0.05, 0) is 37.6 Å². The molecule has 1 aromatic rings. The third-order valence-electron chi connectivity index (χ3n) is 3.50. The topological polar surface area (TPSA) is 50.4 Å². The van der Waals surface area contributed by atoms with Crippen molar-refractivity contribution in [2.24, 2.45) is 0 Å². The molecule has 1 saturated heterocycles. The number of rotatable bonds is 2. The van der Waals surface area contributed by atoms with E-state index in [-0.39, 0.29) is 18.1 Å². The fourth-order valence-corrected chi connectivity index (χ4v) is 2.49. The summed E-state index contributed by atoms with van der Waals surface area (Å²) >= 11 is 0. The van der Waals surface area contributed by atoms with E-state index < -0.39 is 12.0 Å². The minimum atomic E-state index is -2.95. The van der Waals surface area contributed by atoms with Crippen molar-refractivity contribution in [3.63, 3.8) is 0 Å². The number of fused-ring (bicyclic) bond motifs is 1. The summed E-state index contributed by atoms with van der Waals surface area (Å²) in [6, 6.07) is 3.29. The lowest BCUT2D eigenvalue weighted by atomic mass is 9.99. The molecule has 3 rings (SSSR count). The SMILES string of the molecule is O=C1COc2ccc(C(F)(F)C3CCCN3)cc2N1. The van der Waals surface area contributed by atoms with Crippen LogP contribution in [0.1, 0.15) is 18.4 Å². The lowest BCUT2D eigenvalue weighted by Crippen LogP contribution is -2.38. The molecule has 2 heterocycles. The second-order valence-electron chi connectivity index (χ2n) is 4.82. The molecule has 0 spiro atoms. The van der Waals surface area contributed by atoms with Crippen LogP contribution in [0.3, 0.4) is 0 Å². The number of anilines is 1. The Labute approximate surface area is 109 Å². The number of hydrogen-bond acceptors (Lipinski definition) is 3. The predicted molar refractivity (Wildman–Crippen MR) is 65.5 cm³/mol. The van der Waals surface area contributed by atoms with E-state index in [4.69, 9.17) is 4.74 Å². The average Bonchev–Trinajstić information content (AvgIpc) is 2.92. The molecule has 0 saturated carbocycles. The van der Waals surface area contributed by atoms with E-state index in [9.17, 15) is 13.6 Å². The Hall–Kier alpha value is -1.69. The average molecular weight is 268 g/mol. The molecule has 102 valence electrons. The van der Waals surface area contributed by atoms with Crippen molar-refractivity contribution in [2.45, 2.75) is 24.8 Å². The highest BCUT2D eigenvalue weighted by molar-refractivity contribution is 5.95. The standard InChI is InChI=1S/C13H14F2N2O2/c14-13(15,11-2-1-5-16-11)8-3-4-10-9(6-8)17-12(18)7-19-10/h3-4,6,11,16H,1-2,5,7H2,(H,17,18). The first kappa shape index (κ1) is 12.3. The highest BCUT2D eigenvalue weighted by Gasteiger charge is 2.43. The number of carbonyl (C=O) groups is 1. The van der Waals surface area contributed by atoms with Crippen LogP contribution in [0, 0.1) is 0 Å². The third-order valence-corrected chi connectivity index (χ3v) is 3.50. The molecule has 0 aliphatic carbocycles. The molecule has 0 bridgehead atoms. The van der Waals surface area contributed by atoms with Crippen LogP contribution in [-0.2, 0) is 10.7 Å². The molecule has 1 aromatic carbocycles. The maximum atomic E-state index is 14.3. The first-order valence-corrected chi connectivity index (χ1v) is 6.26. The lowest BCUT2D eigenvalue weighted by Gasteiger charge is -2.26. The summed E-state index contributed by atoms with van der Waals surface area (Å²) in [6.07, 6.45) is 1.21. The van der Waals surface area contributed by atoms with Crippen molar-refractivity contribution >= 4 is 11.6 Å². The number of alkyl halides is 2. The molecule has 1 unspecified atom stereocenters. The summed E-state index contributed by atoms with van der Waals surface area (Å²) in [5.41, 5.74) is 0.211. The van der Waals surface area contributed by atoms with Gasteiger partial charge >= 0.3 is 0 Å². The third kappa shape index (κ3) is 2.16. The van der Waals surface area contributed by atoms with Crippen LogP contribution in [0.15, 0.2) is 18.2 Å². The van der Waals surface area contributed by atoms with Gasteiger partial charge in [-0.15, -0.1) is 0 Å². The van der Waals surface area contributed by atoms with Crippen LogP contribution in [0.25, 0.3) is 0 Å². The van der Waals surface area contributed by atoms with Crippen LogP contribution < -0.4 is 15.4 Å². The van der Waals surface area contributed by atoms with Crippen LogP contribution in [-0.4, -0.2) is 25.1 Å². The van der Waals surface area contributed by atoms with E-state index in [1.807, 2.05) is 0 Å². The highest BCUT2D eigenvalue weighted by atomic mass is 19.3. The maximum absolute atomic E-state index is 14.3. The fourth-order valence-electron chi connectivity index (χ4n) is 2.49. The number of amides is 1. The Morgan fingerprint density at radius 3 is 2.95 bits per heavy atom. The summed E-state index contributed by atoms with van der Waals surface area (Å²) in [4.78, 5) is 11.2. The smallest absolute Gasteiger partial charge is 0.288 e. The van der Waals surface area contributed by atoms with Crippen LogP contribution >= 0.6 is 0 Å². The highest BCUT2D eigenvalue weighted by Crippen LogP contribution is 2.39. The Morgan fingerprint density at radius 1 is 1.37 bits per heavy atom. The molecular formula is C13H14F2N2O2. The number of carbonyl (C=O) groups excluding carboxylic acids is 1. The Bertz CT molecular complexity index is 513. The summed E-state index contributed by atoms with van der Waals surface area (Å²) in [5, 5.41) is 5.36. The van der Waals surface area contributed by atoms with Crippen molar-refractivity contribution in [3.8, 4) is 5.75 Å². The molecule has 1 atom stereocenters. The molecule has 0 radical (unpaired) electrons. The number of benzene rings is 1. The number of nitrogens with one attached hydrogen (secondary N) is 2. The zero-order valence-electron chi connectivity index (χ0n) is 10.2. The maximum Gasteiger partial charge on any atom is 0.288 e. The Kier molecular flexibility index (Phi) is 2.89. The van der Waals surface area contributed by atoms with E-state index in [2.05, 4.69) is 10.6 Å². The van der Waals surface area contributed by atoms with Gasteiger partial charge in [0.25, 0.3) is 11.8 Å². The number of hydrogen-bond donors (Lipinski definition) is 2. The molecule has 4 nitrogen and oxygen atoms in total. The minimum absolute atomic E-state index is 0.0765. The van der Waals surface area contributed by atoms with Gasteiger partial charge in [0.1, 0.15) is 5.75 Å². The van der Waals surface area contributed by atoms with Crippen LogP contribution in [0.5, 0.6) is 5.75 Å². The fraction of sp³-hybridized carbons (Fsp3) is 0.462.